The van der Waals surface area contributed by atoms with Gasteiger partial charge >= 0.3 is 5.97 Å². The number of carbonyl (C=O) groups excluding carboxylic acids is 1. The van der Waals surface area contributed by atoms with Crippen molar-refractivity contribution in [1.29, 1.82) is 0 Å². The quantitative estimate of drug-likeness (QED) is 0.793. The molecule has 1 fully saturated rings. The maximum absolute atomic E-state index is 12.0. The van der Waals surface area contributed by atoms with Crippen LogP contribution in [0.1, 0.15) is 35.7 Å². The Morgan fingerprint density at radius 1 is 1.48 bits per heavy atom. The molecule has 1 aromatic rings. The van der Waals surface area contributed by atoms with Crippen molar-refractivity contribution in [1.82, 2.24) is 5.32 Å². The molecule has 1 unspecified atom stereocenters. The molecule has 21 heavy (non-hydrogen) atoms. The van der Waals surface area contributed by atoms with Crippen LogP contribution in [0.2, 0.25) is 5.02 Å². The van der Waals surface area contributed by atoms with Crippen molar-refractivity contribution in [3.8, 4) is 0 Å². The topological polar surface area (TPSA) is 66.4 Å². The lowest BCUT2D eigenvalue weighted by molar-refractivity contribution is -0.131. The zero-order valence-electron chi connectivity index (χ0n) is 11.8. The summed E-state index contributed by atoms with van der Waals surface area (Å²) >= 11 is 6.06. The van der Waals surface area contributed by atoms with E-state index >= 15 is 0 Å². The molecule has 4 nitrogen and oxygen atoms in total. The molecule has 0 spiro atoms. The first kappa shape index (κ1) is 15.6. The fourth-order valence-corrected chi connectivity index (χ4v) is 2.40. The Labute approximate surface area is 128 Å². The van der Waals surface area contributed by atoms with Gasteiger partial charge in [-0.3, -0.25) is 4.79 Å². The summed E-state index contributed by atoms with van der Waals surface area (Å²) < 4.78 is 0. The van der Waals surface area contributed by atoms with Gasteiger partial charge in [-0.25, -0.2) is 4.79 Å². The number of nitrogens with one attached hydrogen (secondary N) is 1. The van der Waals surface area contributed by atoms with Crippen LogP contribution in [-0.4, -0.2) is 23.5 Å². The van der Waals surface area contributed by atoms with Gasteiger partial charge in [-0.05, 0) is 48.4 Å². The molecule has 0 radical (unpaired) electrons. The molecule has 0 aromatic heterocycles. The van der Waals surface area contributed by atoms with Gasteiger partial charge in [0.05, 0.1) is 0 Å². The number of carboxylic acids is 1. The van der Waals surface area contributed by atoms with Crippen molar-refractivity contribution in [3.05, 3.63) is 40.4 Å². The number of benzene rings is 1. The number of rotatable bonds is 6. The van der Waals surface area contributed by atoms with Crippen LogP contribution >= 0.6 is 11.6 Å². The molecule has 0 bridgehead atoms. The van der Waals surface area contributed by atoms with E-state index < -0.39 is 5.97 Å². The number of aliphatic carboxylic acids is 1. The Kier molecular flexibility index (Phi) is 5.02. The monoisotopic (exact) mass is 307 g/mol. The molecular weight excluding hydrogens is 290 g/mol. The highest BCUT2D eigenvalue weighted by Crippen LogP contribution is 2.36. The van der Waals surface area contributed by atoms with Gasteiger partial charge in [-0.2, -0.15) is 0 Å². The molecule has 1 amide bonds. The van der Waals surface area contributed by atoms with Crippen LogP contribution in [0.15, 0.2) is 24.3 Å². The fourth-order valence-electron chi connectivity index (χ4n) is 2.15. The van der Waals surface area contributed by atoms with Gasteiger partial charge in [0, 0.05) is 23.2 Å². The average molecular weight is 308 g/mol. The highest BCUT2D eigenvalue weighted by Gasteiger charge is 2.27. The van der Waals surface area contributed by atoms with Gasteiger partial charge in [-0.15, -0.1) is 0 Å². The van der Waals surface area contributed by atoms with Crippen molar-refractivity contribution in [2.24, 2.45) is 11.8 Å². The van der Waals surface area contributed by atoms with Crippen LogP contribution in [0.3, 0.4) is 0 Å². The lowest BCUT2D eigenvalue weighted by Gasteiger charge is -2.11. The molecule has 1 saturated carbocycles. The molecule has 1 aliphatic carbocycles. The Hall–Kier alpha value is -1.81. The van der Waals surface area contributed by atoms with Crippen LogP contribution in [0.4, 0.5) is 0 Å². The maximum Gasteiger partial charge on any atom is 0.328 e. The Balaban J connectivity index is 1.97. The molecule has 1 atom stereocenters. The summed E-state index contributed by atoms with van der Waals surface area (Å²) in [6, 6.07) is 4.84. The molecule has 2 N–H and O–H groups in total. The number of amides is 1. The van der Waals surface area contributed by atoms with Crippen molar-refractivity contribution >= 4 is 29.6 Å². The SMILES string of the molecule is CC(CNC(=O)c1ccc(/C=C/C(=O)O)c(Cl)c1)C1CC1. The van der Waals surface area contributed by atoms with Crippen molar-refractivity contribution in [3.63, 3.8) is 0 Å². The zero-order valence-corrected chi connectivity index (χ0v) is 12.6. The van der Waals surface area contributed by atoms with E-state index in [1.807, 2.05) is 0 Å². The molecule has 112 valence electrons. The molecule has 5 heteroatoms. The minimum Gasteiger partial charge on any atom is -0.478 e. The van der Waals surface area contributed by atoms with Crippen molar-refractivity contribution < 1.29 is 14.7 Å². The standard InChI is InChI=1S/C16H18ClNO3/c1-10(11-2-3-11)9-18-16(21)13-5-4-12(14(17)8-13)6-7-15(19)20/h4-8,10-11H,2-3,9H2,1H3,(H,18,21)(H,19,20)/b7-6+. The number of carbonyl (C=O) groups is 2. The van der Waals surface area contributed by atoms with Gasteiger partial charge in [-0.1, -0.05) is 24.6 Å². The molecule has 2 rings (SSSR count). The third-order valence-electron chi connectivity index (χ3n) is 3.68. The summed E-state index contributed by atoms with van der Waals surface area (Å²) in [6.45, 7) is 2.81. The average Bonchev–Trinajstić information content (AvgIpc) is 3.27. The smallest absolute Gasteiger partial charge is 0.328 e. The normalized spacial score (nSPS) is 15.9. The number of hydrogen-bond donors (Lipinski definition) is 2. The Bertz CT molecular complexity index is 579. The van der Waals surface area contributed by atoms with E-state index in [1.54, 1.807) is 18.2 Å². The minimum atomic E-state index is -1.04. The summed E-state index contributed by atoms with van der Waals surface area (Å²) in [7, 11) is 0. The second-order valence-electron chi connectivity index (χ2n) is 5.43. The third-order valence-corrected chi connectivity index (χ3v) is 4.01. The molecule has 1 aliphatic rings. The summed E-state index contributed by atoms with van der Waals surface area (Å²) in [5, 5.41) is 11.9. The third kappa shape index (κ3) is 4.60. The highest BCUT2D eigenvalue weighted by atomic mass is 35.5. The molecule has 1 aromatic carbocycles. The van der Waals surface area contributed by atoms with Crippen LogP contribution < -0.4 is 5.32 Å². The number of halogens is 1. The van der Waals surface area contributed by atoms with Gasteiger partial charge in [0.2, 0.25) is 0 Å². The predicted molar refractivity (Wildman–Crippen MR) is 82.3 cm³/mol. The van der Waals surface area contributed by atoms with Crippen molar-refractivity contribution in [2.45, 2.75) is 19.8 Å². The number of hydrogen-bond acceptors (Lipinski definition) is 2. The van der Waals surface area contributed by atoms with E-state index in [2.05, 4.69) is 12.2 Å². The lowest BCUT2D eigenvalue weighted by Crippen LogP contribution is -2.29. The summed E-state index contributed by atoms with van der Waals surface area (Å²) in [4.78, 5) is 22.5. The van der Waals surface area contributed by atoms with E-state index in [0.29, 0.717) is 28.6 Å². The maximum atomic E-state index is 12.0. The van der Waals surface area contributed by atoms with E-state index in [0.717, 1.165) is 12.0 Å². The number of carboxylic acid groups (broad SMARTS) is 1. The first-order valence-corrected chi connectivity index (χ1v) is 7.34. The van der Waals surface area contributed by atoms with Gasteiger partial charge in [0.25, 0.3) is 5.91 Å². The van der Waals surface area contributed by atoms with E-state index in [-0.39, 0.29) is 5.91 Å². The summed E-state index contributed by atoms with van der Waals surface area (Å²) in [5.74, 6) is 0.0553. The van der Waals surface area contributed by atoms with E-state index in [1.165, 1.54) is 18.9 Å². The van der Waals surface area contributed by atoms with Crippen LogP contribution in [0.5, 0.6) is 0 Å². The minimum absolute atomic E-state index is 0.154. The van der Waals surface area contributed by atoms with Gasteiger partial charge in [0.15, 0.2) is 0 Å². The summed E-state index contributed by atoms with van der Waals surface area (Å²) in [6.07, 6.45) is 4.93. The second-order valence-corrected chi connectivity index (χ2v) is 5.84. The van der Waals surface area contributed by atoms with Gasteiger partial charge < -0.3 is 10.4 Å². The van der Waals surface area contributed by atoms with E-state index in [4.69, 9.17) is 16.7 Å². The van der Waals surface area contributed by atoms with Crippen LogP contribution in [-0.2, 0) is 4.79 Å². The molecule has 0 saturated heterocycles. The van der Waals surface area contributed by atoms with Gasteiger partial charge in [0.1, 0.15) is 0 Å². The largest absolute Gasteiger partial charge is 0.478 e. The zero-order chi connectivity index (χ0) is 15.4. The first-order valence-electron chi connectivity index (χ1n) is 6.96. The van der Waals surface area contributed by atoms with Crippen LogP contribution in [0, 0.1) is 11.8 Å². The Morgan fingerprint density at radius 3 is 2.76 bits per heavy atom. The Morgan fingerprint density at radius 2 is 2.19 bits per heavy atom. The predicted octanol–water partition coefficient (Wildman–Crippen LogP) is 3.21. The molecular formula is C16H18ClNO3. The first-order chi connectivity index (χ1) is 9.97. The lowest BCUT2D eigenvalue weighted by atomic mass is 10.1. The van der Waals surface area contributed by atoms with E-state index in [9.17, 15) is 9.59 Å². The molecule has 0 heterocycles. The summed E-state index contributed by atoms with van der Waals surface area (Å²) in [5.41, 5.74) is 1.05. The fraction of sp³-hybridized carbons (Fsp3) is 0.375. The van der Waals surface area contributed by atoms with Crippen LogP contribution in [0.25, 0.3) is 6.08 Å². The molecule has 0 aliphatic heterocycles. The highest BCUT2D eigenvalue weighted by molar-refractivity contribution is 6.32. The van der Waals surface area contributed by atoms with Crippen molar-refractivity contribution in [2.75, 3.05) is 6.54 Å². The second kappa shape index (κ2) is 6.76.